The van der Waals surface area contributed by atoms with Crippen molar-refractivity contribution in [1.82, 2.24) is 9.97 Å². The van der Waals surface area contributed by atoms with E-state index in [1.807, 2.05) is 0 Å². The molecule has 0 amide bonds. The van der Waals surface area contributed by atoms with E-state index in [1.165, 1.54) is 39.5 Å². The van der Waals surface area contributed by atoms with Crippen LogP contribution in [0.3, 0.4) is 0 Å². The summed E-state index contributed by atoms with van der Waals surface area (Å²) in [5.74, 6) is -2.94. The lowest BCUT2D eigenvalue weighted by Crippen LogP contribution is -2.09. The number of carbonyl (C=O) groups is 1. The minimum atomic E-state index is -1.12. The van der Waals surface area contributed by atoms with Crippen LogP contribution in [0.15, 0.2) is 35.6 Å². The van der Waals surface area contributed by atoms with Crippen LogP contribution in [0.25, 0.3) is 10.4 Å². The Hall–Kier alpha value is -4.35. The number of rotatable bonds is 9. The van der Waals surface area contributed by atoms with E-state index in [1.54, 1.807) is 0 Å². The van der Waals surface area contributed by atoms with Gasteiger partial charge in [0.25, 0.3) is 0 Å². The number of benzene rings is 2. The van der Waals surface area contributed by atoms with Gasteiger partial charge in [-0.15, -0.1) is 0 Å². The van der Waals surface area contributed by atoms with Crippen LogP contribution in [0.2, 0.25) is 5.02 Å². The van der Waals surface area contributed by atoms with Crippen molar-refractivity contribution in [2.45, 2.75) is 6.61 Å². The second-order valence-electron chi connectivity index (χ2n) is 6.55. The average molecular weight is 507 g/mol. The first-order valence-electron chi connectivity index (χ1n) is 9.61. The van der Waals surface area contributed by atoms with E-state index in [2.05, 4.69) is 25.3 Å². The molecule has 0 spiro atoms. The highest BCUT2D eigenvalue weighted by Crippen LogP contribution is 2.39. The molecule has 0 saturated heterocycles. The second-order valence-corrected chi connectivity index (χ2v) is 6.96. The van der Waals surface area contributed by atoms with Crippen molar-refractivity contribution in [2.24, 2.45) is 5.11 Å². The lowest BCUT2D eigenvalue weighted by molar-refractivity contribution is 0.0601. The van der Waals surface area contributed by atoms with E-state index in [4.69, 9.17) is 36.1 Å². The number of nitrogens with one attached hydrogen (secondary N) is 1. The smallest absolute Gasteiger partial charge is 0.343 e. The molecule has 0 atom stereocenters. The van der Waals surface area contributed by atoms with Crippen molar-refractivity contribution in [3.63, 3.8) is 0 Å². The summed E-state index contributed by atoms with van der Waals surface area (Å²) in [5.41, 5.74) is 8.60. The van der Waals surface area contributed by atoms with E-state index in [0.717, 1.165) is 12.3 Å². The molecule has 14 heteroatoms. The molecule has 35 heavy (non-hydrogen) atoms. The van der Waals surface area contributed by atoms with Gasteiger partial charge >= 0.3 is 5.97 Å². The number of carbonyl (C=O) groups excluding carboxylic acids is 1. The summed E-state index contributed by atoms with van der Waals surface area (Å²) in [6.07, 6.45) is 1.11. The minimum Gasteiger partial charge on any atom is -0.496 e. The summed E-state index contributed by atoms with van der Waals surface area (Å²) in [7, 11) is 3.84. The van der Waals surface area contributed by atoms with Crippen molar-refractivity contribution in [1.29, 1.82) is 0 Å². The lowest BCUT2D eigenvalue weighted by atomic mass is 10.2. The predicted molar refractivity (Wildman–Crippen MR) is 121 cm³/mol. The molecule has 1 aromatic heterocycles. The molecule has 0 aliphatic rings. The molecule has 1 heterocycles. The third-order valence-corrected chi connectivity index (χ3v) is 4.88. The summed E-state index contributed by atoms with van der Waals surface area (Å²) in [4.78, 5) is 22.5. The fourth-order valence-corrected chi connectivity index (χ4v) is 3.10. The maximum absolute atomic E-state index is 14.3. The minimum absolute atomic E-state index is 0.0784. The molecule has 1 N–H and O–H groups in total. The van der Waals surface area contributed by atoms with Gasteiger partial charge in [-0.3, -0.25) is 0 Å². The molecular formula is C21H17ClF2N6O5. The highest BCUT2D eigenvalue weighted by molar-refractivity contribution is 6.33. The maximum atomic E-state index is 14.3. The zero-order valence-electron chi connectivity index (χ0n) is 18.5. The second kappa shape index (κ2) is 11.2. The number of aromatic nitrogens is 2. The van der Waals surface area contributed by atoms with Gasteiger partial charge in [-0.25, -0.2) is 23.5 Å². The molecule has 0 unspecified atom stereocenters. The third-order valence-electron chi connectivity index (χ3n) is 4.57. The molecular weight excluding hydrogens is 490 g/mol. The van der Waals surface area contributed by atoms with Gasteiger partial charge in [-0.2, -0.15) is 0 Å². The van der Waals surface area contributed by atoms with Crippen molar-refractivity contribution >= 4 is 35.0 Å². The van der Waals surface area contributed by atoms with Gasteiger partial charge in [0, 0.05) is 23.2 Å². The van der Waals surface area contributed by atoms with E-state index in [-0.39, 0.29) is 50.9 Å². The van der Waals surface area contributed by atoms with E-state index >= 15 is 0 Å². The van der Waals surface area contributed by atoms with Crippen LogP contribution < -0.4 is 19.5 Å². The van der Waals surface area contributed by atoms with Gasteiger partial charge in [-0.05, 0) is 22.8 Å². The number of methoxy groups -OCH3 is 3. The van der Waals surface area contributed by atoms with Crippen LogP contribution in [0.5, 0.6) is 17.2 Å². The van der Waals surface area contributed by atoms with E-state index in [9.17, 15) is 13.6 Å². The Morgan fingerprint density at radius 1 is 1.17 bits per heavy atom. The van der Waals surface area contributed by atoms with E-state index < -0.39 is 24.2 Å². The molecule has 3 aromatic rings. The molecule has 0 radical (unpaired) electrons. The summed E-state index contributed by atoms with van der Waals surface area (Å²) < 4.78 is 48.8. The third kappa shape index (κ3) is 5.60. The van der Waals surface area contributed by atoms with Gasteiger partial charge in [0.05, 0.1) is 37.6 Å². The van der Waals surface area contributed by atoms with Gasteiger partial charge < -0.3 is 24.3 Å². The van der Waals surface area contributed by atoms with Crippen LogP contribution in [0, 0.1) is 11.6 Å². The Morgan fingerprint density at radius 3 is 2.57 bits per heavy atom. The van der Waals surface area contributed by atoms with Gasteiger partial charge in [0.15, 0.2) is 23.1 Å². The Bertz CT molecular complexity index is 1320. The van der Waals surface area contributed by atoms with Gasteiger partial charge in [-0.1, -0.05) is 11.6 Å². The van der Waals surface area contributed by atoms with E-state index in [0.29, 0.717) is 0 Å². The zero-order chi connectivity index (χ0) is 25.5. The first kappa shape index (κ1) is 25.3. The first-order chi connectivity index (χ1) is 16.8. The fourth-order valence-electron chi connectivity index (χ4n) is 2.90. The van der Waals surface area contributed by atoms with Crippen LogP contribution in [-0.2, 0) is 11.3 Å². The molecule has 3 rings (SSSR count). The topological polar surface area (TPSA) is 141 Å². The van der Waals surface area contributed by atoms with Crippen LogP contribution in [-0.4, -0.2) is 37.3 Å². The average Bonchev–Trinajstić information content (AvgIpc) is 2.86. The number of nitrogens with zero attached hydrogens (tertiary/aromatic N) is 5. The Balaban J connectivity index is 2.00. The Kier molecular flexibility index (Phi) is 8.08. The number of azide groups is 1. The largest absolute Gasteiger partial charge is 0.496 e. The van der Waals surface area contributed by atoms with Crippen molar-refractivity contribution < 1.29 is 32.5 Å². The van der Waals surface area contributed by atoms with Crippen molar-refractivity contribution in [3.8, 4) is 17.2 Å². The lowest BCUT2D eigenvalue weighted by Gasteiger charge is -2.17. The predicted octanol–water partition coefficient (Wildman–Crippen LogP) is 5.48. The number of ether oxygens (including phenoxy) is 4. The number of hydrogen-bond donors (Lipinski definition) is 1. The SMILES string of the molecule is COC(=O)c1cnc(N=[N+]=[N-])nc1Nc1cc(OCc2c(OC)ccc(F)c2F)c(OC)cc1Cl. The quantitative estimate of drug-likeness (QED) is 0.174. The Morgan fingerprint density at radius 2 is 1.91 bits per heavy atom. The highest BCUT2D eigenvalue weighted by atomic mass is 35.5. The molecule has 182 valence electrons. The summed E-state index contributed by atoms with van der Waals surface area (Å²) in [5, 5.41) is 6.26. The number of anilines is 2. The molecule has 0 bridgehead atoms. The van der Waals surface area contributed by atoms with Crippen molar-refractivity contribution in [2.75, 3.05) is 26.6 Å². The monoisotopic (exact) mass is 506 g/mol. The van der Waals surface area contributed by atoms with Gasteiger partial charge in [0.1, 0.15) is 23.7 Å². The van der Waals surface area contributed by atoms with Crippen molar-refractivity contribution in [3.05, 3.63) is 68.7 Å². The summed E-state index contributed by atoms with van der Waals surface area (Å²) in [6, 6.07) is 4.99. The summed E-state index contributed by atoms with van der Waals surface area (Å²) >= 11 is 6.34. The summed E-state index contributed by atoms with van der Waals surface area (Å²) in [6.45, 7) is -0.411. The molecule has 0 aliphatic heterocycles. The zero-order valence-corrected chi connectivity index (χ0v) is 19.3. The fraction of sp³-hybridized carbons (Fsp3) is 0.190. The van der Waals surface area contributed by atoms with Gasteiger partial charge in [0.2, 0.25) is 5.95 Å². The molecule has 0 fully saturated rings. The molecule has 2 aromatic carbocycles. The highest BCUT2D eigenvalue weighted by Gasteiger charge is 2.20. The van der Waals surface area contributed by atoms with Crippen LogP contribution >= 0.6 is 11.6 Å². The standard InChI is InChI=1S/C21H17ClF2N6O5/c1-32-15-5-4-13(23)18(24)11(15)9-35-17-7-14(12(22)6-16(17)33-2)27-19-10(20(31)34-3)8-26-21(28-19)29-30-25/h4-8H,9H2,1-3H3,(H,26,27,28). The number of hydrogen-bond acceptors (Lipinski definition) is 9. The molecule has 0 aliphatic carbocycles. The van der Waals surface area contributed by atoms with Crippen LogP contribution in [0.1, 0.15) is 15.9 Å². The number of halogens is 3. The van der Waals surface area contributed by atoms with Crippen LogP contribution in [0.4, 0.5) is 26.2 Å². The maximum Gasteiger partial charge on any atom is 0.343 e. The molecule has 11 nitrogen and oxygen atoms in total. The number of esters is 1. The Labute approximate surface area is 202 Å². The molecule has 0 saturated carbocycles. The first-order valence-corrected chi connectivity index (χ1v) is 9.99. The normalized spacial score (nSPS) is 10.2.